The number of nitrogens with zero attached hydrogens (tertiary/aromatic N) is 3. The van der Waals surface area contributed by atoms with Gasteiger partial charge in [0.1, 0.15) is 18.1 Å². The summed E-state index contributed by atoms with van der Waals surface area (Å²) in [5.41, 5.74) is 1.02. The van der Waals surface area contributed by atoms with Crippen molar-refractivity contribution in [1.82, 2.24) is 14.5 Å². The summed E-state index contributed by atoms with van der Waals surface area (Å²) in [6.07, 6.45) is 2.94. The fraction of sp³-hybridized carbons (Fsp3) is 0.111. The highest BCUT2D eigenvalue weighted by atomic mass is 16.5. The van der Waals surface area contributed by atoms with Crippen LogP contribution >= 0.6 is 0 Å². The average molecular weight is 336 g/mol. The van der Waals surface area contributed by atoms with Crippen molar-refractivity contribution in [3.63, 3.8) is 0 Å². The van der Waals surface area contributed by atoms with Crippen molar-refractivity contribution in [2.24, 2.45) is 0 Å². The molecule has 0 radical (unpaired) electrons. The fourth-order valence-corrected chi connectivity index (χ4v) is 2.24. The molecule has 2 heterocycles. The van der Waals surface area contributed by atoms with Crippen molar-refractivity contribution in [2.75, 3.05) is 12.4 Å². The quantitative estimate of drug-likeness (QED) is 0.770. The van der Waals surface area contributed by atoms with Gasteiger partial charge in [-0.05, 0) is 36.4 Å². The summed E-state index contributed by atoms with van der Waals surface area (Å²) in [5.74, 6) is 0.812. The Morgan fingerprint density at radius 3 is 2.60 bits per heavy atom. The van der Waals surface area contributed by atoms with E-state index in [1.54, 1.807) is 43.6 Å². The molecule has 0 saturated heterocycles. The lowest BCUT2D eigenvalue weighted by Crippen LogP contribution is -2.27. The summed E-state index contributed by atoms with van der Waals surface area (Å²) in [5, 5.41) is 2.63. The van der Waals surface area contributed by atoms with Crippen molar-refractivity contribution in [3.05, 3.63) is 71.4 Å². The lowest BCUT2D eigenvalue weighted by atomic mass is 10.1. The van der Waals surface area contributed by atoms with Gasteiger partial charge in [-0.2, -0.15) is 0 Å². The molecule has 1 aromatic carbocycles. The molecule has 3 rings (SSSR count). The molecule has 0 unspecified atom stereocenters. The second-order valence-electron chi connectivity index (χ2n) is 5.23. The summed E-state index contributed by atoms with van der Waals surface area (Å²) in [7, 11) is 1.59. The predicted octanol–water partition coefficient (Wildman–Crippen LogP) is 1.95. The summed E-state index contributed by atoms with van der Waals surface area (Å²) < 4.78 is 6.35. The number of nitrogens with one attached hydrogen (secondary N) is 1. The number of rotatable bonds is 5. The molecule has 0 aliphatic carbocycles. The van der Waals surface area contributed by atoms with E-state index in [-0.39, 0.29) is 18.0 Å². The van der Waals surface area contributed by atoms with Crippen molar-refractivity contribution >= 4 is 11.7 Å². The fourth-order valence-electron chi connectivity index (χ4n) is 2.24. The third-order valence-electron chi connectivity index (χ3n) is 3.51. The molecule has 126 valence electrons. The molecule has 0 bridgehead atoms. The molecule has 2 aromatic heterocycles. The van der Waals surface area contributed by atoms with Gasteiger partial charge in [0.2, 0.25) is 5.91 Å². The SMILES string of the molecule is COc1ccc(-c2cc(=O)n(CC(=O)Nc3ccccn3)cn2)cc1. The Morgan fingerprint density at radius 1 is 1.16 bits per heavy atom. The van der Waals surface area contributed by atoms with Gasteiger partial charge in [-0.3, -0.25) is 14.2 Å². The largest absolute Gasteiger partial charge is 0.497 e. The Morgan fingerprint density at radius 2 is 1.96 bits per heavy atom. The van der Waals surface area contributed by atoms with E-state index in [0.717, 1.165) is 11.3 Å². The maximum Gasteiger partial charge on any atom is 0.254 e. The minimum absolute atomic E-state index is 0.134. The molecule has 0 saturated carbocycles. The first-order valence-electron chi connectivity index (χ1n) is 7.57. The second kappa shape index (κ2) is 7.39. The maximum atomic E-state index is 12.2. The number of ether oxygens (including phenoxy) is 1. The Hall–Kier alpha value is -3.48. The highest BCUT2D eigenvalue weighted by Gasteiger charge is 2.08. The number of carbonyl (C=O) groups excluding carboxylic acids is 1. The highest BCUT2D eigenvalue weighted by Crippen LogP contribution is 2.19. The van der Waals surface area contributed by atoms with Gasteiger partial charge in [-0.15, -0.1) is 0 Å². The Labute approximate surface area is 143 Å². The molecule has 25 heavy (non-hydrogen) atoms. The number of carbonyl (C=O) groups is 1. The third-order valence-corrected chi connectivity index (χ3v) is 3.51. The average Bonchev–Trinajstić information content (AvgIpc) is 2.64. The van der Waals surface area contributed by atoms with Crippen LogP contribution in [-0.2, 0) is 11.3 Å². The molecule has 0 atom stereocenters. The van der Waals surface area contributed by atoms with Crippen LogP contribution in [0.2, 0.25) is 0 Å². The predicted molar refractivity (Wildman–Crippen MR) is 93.4 cm³/mol. The zero-order valence-electron chi connectivity index (χ0n) is 13.5. The van der Waals surface area contributed by atoms with Crippen LogP contribution in [0, 0.1) is 0 Å². The number of anilines is 1. The van der Waals surface area contributed by atoms with E-state index in [4.69, 9.17) is 4.74 Å². The van der Waals surface area contributed by atoms with E-state index in [0.29, 0.717) is 11.5 Å². The number of methoxy groups -OCH3 is 1. The first kappa shape index (κ1) is 16.4. The monoisotopic (exact) mass is 336 g/mol. The summed E-state index contributed by atoms with van der Waals surface area (Å²) in [6, 6.07) is 13.8. The van der Waals surface area contributed by atoms with Crippen LogP contribution in [0.25, 0.3) is 11.3 Å². The van der Waals surface area contributed by atoms with E-state index in [1.165, 1.54) is 17.0 Å². The Bertz CT molecular complexity index is 921. The van der Waals surface area contributed by atoms with E-state index in [2.05, 4.69) is 15.3 Å². The van der Waals surface area contributed by atoms with Gasteiger partial charge in [-0.25, -0.2) is 9.97 Å². The minimum Gasteiger partial charge on any atom is -0.497 e. The van der Waals surface area contributed by atoms with E-state index in [1.807, 2.05) is 12.1 Å². The normalized spacial score (nSPS) is 10.3. The van der Waals surface area contributed by atoms with Gasteiger partial charge in [0, 0.05) is 17.8 Å². The molecule has 1 N–H and O–H groups in total. The number of benzene rings is 1. The number of amides is 1. The molecule has 0 aliphatic heterocycles. The molecule has 3 aromatic rings. The van der Waals surface area contributed by atoms with Crippen LogP contribution < -0.4 is 15.6 Å². The van der Waals surface area contributed by atoms with Crippen molar-refractivity contribution in [2.45, 2.75) is 6.54 Å². The van der Waals surface area contributed by atoms with E-state index in [9.17, 15) is 9.59 Å². The van der Waals surface area contributed by atoms with Crippen LogP contribution in [0.4, 0.5) is 5.82 Å². The van der Waals surface area contributed by atoms with Crippen LogP contribution in [0.3, 0.4) is 0 Å². The van der Waals surface area contributed by atoms with Crippen LogP contribution in [0.15, 0.2) is 65.8 Å². The highest BCUT2D eigenvalue weighted by molar-refractivity contribution is 5.89. The number of pyridine rings is 1. The first-order valence-corrected chi connectivity index (χ1v) is 7.57. The van der Waals surface area contributed by atoms with Gasteiger partial charge >= 0.3 is 0 Å². The molecule has 0 spiro atoms. The van der Waals surface area contributed by atoms with E-state index < -0.39 is 0 Å². The standard InChI is InChI=1S/C18H16N4O3/c1-25-14-7-5-13(6-8-14)15-10-18(24)22(12-20-15)11-17(23)21-16-4-2-3-9-19-16/h2-10,12H,11H2,1H3,(H,19,21,23). The van der Waals surface area contributed by atoms with Gasteiger partial charge in [0.15, 0.2) is 0 Å². The molecule has 7 heteroatoms. The van der Waals surface area contributed by atoms with Gasteiger partial charge in [-0.1, -0.05) is 6.07 Å². The number of hydrogen-bond acceptors (Lipinski definition) is 5. The maximum absolute atomic E-state index is 12.2. The van der Waals surface area contributed by atoms with Gasteiger partial charge in [0.25, 0.3) is 5.56 Å². The molecular formula is C18H16N4O3. The summed E-state index contributed by atoms with van der Waals surface area (Å²) in [4.78, 5) is 32.5. The molecule has 0 fully saturated rings. The Balaban J connectivity index is 1.73. The molecule has 7 nitrogen and oxygen atoms in total. The lowest BCUT2D eigenvalue weighted by molar-refractivity contribution is -0.116. The van der Waals surface area contributed by atoms with Crippen molar-refractivity contribution in [1.29, 1.82) is 0 Å². The zero-order chi connectivity index (χ0) is 17.6. The van der Waals surface area contributed by atoms with E-state index >= 15 is 0 Å². The molecular weight excluding hydrogens is 320 g/mol. The van der Waals surface area contributed by atoms with Crippen LogP contribution in [-0.4, -0.2) is 27.6 Å². The van der Waals surface area contributed by atoms with Crippen LogP contribution in [0.1, 0.15) is 0 Å². The third kappa shape index (κ3) is 4.08. The Kier molecular flexibility index (Phi) is 4.84. The van der Waals surface area contributed by atoms with Gasteiger partial charge in [0.05, 0.1) is 19.1 Å². The first-order chi connectivity index (χ1) is 12.2. The lowest BCUT2D eigenvalue weighted by Gasteiger charge is -2.08. The number of hydrogen-bond donors (Lipinski definition) is 1. The topological polar surface area (TPSA) is 86.1 Å². The van der Waals surface area contributed by atoms with Crippen molar-refractivity contribution < 1.29 is 9.53 Å². The molecule has 0 aliphatic rings. The zero-order valence-corrected chi connectivity index (χ0v) is 13.5. The smallest absolute Gasteiger partial charge is 0.254 e. The second-order valence-corrected chi connectivity index (χ2v) is 5.23. The van der Waals surface area contributed by atoms with Crippen LogP contribution in [0.5, 0.6) is 5.75 Å². The summed E-state index contributed by atoms with van der Waals surface area (Å²) >= 11 is 0. The van der Waals surface area contributed by atoms with Crippen molar-refractivity contribution in [3.8, 4) is 17.0 Å². The molecule has 1 amide bonds. The number of aromatic nitrogens is 3. The van der Waals surface area contributed by atoms with Gasteiger partial charge < -0.3 is 10.1 Å². The summed E-state index contributed by atoms with van der Waals surface area (Å²) in [6.45, 7) is -0.134. The minimum atomic E-state index is -0.347.